The molecule has 0 bridgehead atoms. The van der Waals surface area contributed by atoms with Crippen LogP contribution in [0.25, 0.3) is 0 Å². The third-order valence-corrected chi connectivity index (χ3v) is 10.0. The van der Waals surface area contributed by atoms with Crippen molar-refractivity contribution < 1.29 is 10.8 Å². The van der Waals surface area contributed by atoms with Crippen LogP contribution in [0.2, 0.25) is 0 Å². The van der Waals surface area contributed by atoms with E-state index in [0.717, 1.165) is 13.0 Å². The second-order valence-electron chi connectivity index (χ2n) is 1.29. The van der Waals surface area contributed by atoms with Gasteiger partial charge in [0, 0.05) is 0 Å². The molecule has 0 rings (SSSR count). The Labute approximate surface area is 82.9 Å². The summed E-state index contributed by atoms with van der Waals surface area (Å²) in [6.07, 6.45) is 1.15. The quantitative estimate of drug-likeness (QED) is 0.348. The predicted octanol–water partition coefficient (Wildman–Crippen LogP) is 3.53. The first-order chi connectivity index (χ1) is 3.56. The second-order valence-corrected chi connectivity index (χ2v) is 93.5. The molecule has 0 fully saturated rings. The predicted molar refractivity (Wildman–Crippen MR) is 58.3 cm³/mol. The zero-order valence-corrected chi connectivity index (χ0v) is 14.5. The molecule has 0 aliphatic rings. The van der Waals surface area contributed by atoms with Crippen molar-refractivity contribution in [2.24, 2.45) is 0 Å². The summed E-state index contributed by atoms with van der Waals surface area (Å²) < 4.78 is 5.56. The molecule has 0 radical (unpaired) electrons. The Morgan fingerprint density at radius 1 is 1.38 bits per heavy atom. The van der Waals surface area contributed by atoms with Crippen molar-refractivity contribution in [2.45, 2.75) is 13.3 Å². The van der Waals surface area contributed by atoms with Crippen LogP contribution >= 0.6 is 54.4 Å². The molecule has 0 aromatic rings. The van der Waals surface area contributed by atoms with Crippen LogP contribution in [-0.4, -0.2) is 6.61 Å². The van der Waals surface area contributed by atoms with Crippen LogP contribution in [0.4, 0.5) is 0 Å². The molecule has 0 amide bonds. The van der Waals surface area contributed by atoms with E-state index in [1.807, 2.05) is 0 Å². The van der Waals surface area contributed by atoms with Crippen LogP contribution in [0.1, 0.15) is 13.3 Å². The maximum absolute atomic E-state index is 5.56. The van der Waals surface area contributed by atoms with Crippen LogP contribution in [0.5, 0.6) is 0 Å². The van der Waals surface area contributed by atoms with Crippen molar-refractivity contribution in [1.82, 2.24) is 0 Å². The van der Waals surface area contributed by atoms with Crippen molar-refractivity contribution in [1.29, 1.82) is 0 Å². The Morgan fingerprint density at radius 2 is 1.88 bits per heavy atom. The Kier molecular flexibility index (Phi) is 7.77. The summed E-state index contributed by atoms with van der Waals surface area (Å²) in [5.74, 6) is 0. The average Bonchev–Trinajstić information content (AvgIpc) is 1.59. The molecule has 50 valence electrons. The van der Waals surface area contributed by atoms with Gasteiger partial charge in [-0.05, 0) is 0 Å². The summed E-state index contributed by atoms with van der Waals surface area (Å²) in [7, 11) is -2.01. The Bertz CT molecular complexity index is 62.0. The molecule has 0 aromatic heterocycles. The molecule has 0 unspecified atom stereocenters. The van der Waals surface area contributed by atoms with Gasteiger partial charge in [-0.2, -0.15) is 0 Å². The van der Waals surface area contributed by atoms with E-state index in [4.69, 9.17) is 2.85 Å². The van der Waals surface area contributed by atoms with E-state index < -0.39 is 7.94 Å². The fourth-order valence-corrected chi connectivity index (χ4v) is 7.19. The molecule has 0 aliphatic carbocycles. The van der Waals surface area contributed by atoms with E-state index >= 15 is 0 Å². The molecule has 0 aliphatic heterocycles. The molecular formula is C3H7HfI3O. The number of rotatable bonds is 3. The second kappa shape index (κ2) is 5.64. The molecule has 0 atom stereocenters. The SMILES string of the molecule is CCC[O][Hf]([I])([I])[I]. The minimum atomic E-state index is -2.01. The third kappa shape index (κ3) is 9.02. The topological polar surface area (TPSA) is 9.23 Å². The first-order valence-corrected chi connectivity index (χ1v) is 34.3. The number of halogens is 3. The summed E-state index contributed by atoms with van der Waals surface area (Å²) in [5, 5.41) is 0. The van der Waals surface area contributed by atoms with Crippen LogP contribution in [-0.2, 0) is 10.8 Å². The van der Waals surface area contributed by atoms with Gasteiger partial charge in [-0.15, -0.1) is 0 Å². The normalized spacial score (nSPS) is 12.0. The van der Waals surface area contributed by atoms with Crippen molar-refractivity contribution >= 4 is 54.4 Å². The standard InChI is InChI=1S/C3H7O.Hf.3HI/c1-2-3-4;;;;/h2-3H2,1H3;;3*1H/q-1;+4;;;/p-3. The van der Waals surface area contributed by atoms with E-state index in [-0.39, 0.29) is 0 Å². The number of hydrogen-bond acceptors (Lipinski definition) is 1. The fraction of sp³-hybridized carbons (Fsp3) is 1.00. The van der Waals surface area contributed by atoms with Gasteiger partial charge in [0.05, 0.1) is 0 Å². The van der Waals surface area contributed by atoms with Crippen molar-refractivity contribution in [3.05, 3.63) is 0 Å². The van der Waals surface area contributed by atoms with E-state index in [0.29, 0.717) is 0 Å². The first-order valence-electron chi connectivity index (χ1n) is 2.27. The van der Waals surface area contributed by atoms with E-state index in [1.165, 1.54) is 0 Å². The van der Waals surface area contributed by atoms with E-state index in [2.05, 4.69) is 61.3 Å². The summed E-state index contributed by atoms with van der Waals surface area (Å²) in [6.45, 7) is 3.10. The first kappa shape index (κ1) is 11.0. The minimum absolute atomic E-state index is 0.955. The van der Waals surface area contributed by atoms with Gasteiger partial charge in [-0.25, -0.2) is 0 Å². The molecule has 8 heavy (non-hydrogen) atoms. The Hall–Kier alpha value is 3.02. The van der Waals surface area contributed by atoms with Gasteiger partial charge < -0.3 is 0 Å². The monoisotopic (exact) mass is 620 g/mol. The Morgan fingerprint density at radius 3 is 2.00 bits per heavy atom. The molecule has 0 saturated carbocycles. The van der Waals surface area contributed by atoms with Crippen LogP contribution in [0, 0.1) is 0 Å². The van der Waals surface area contributed by atoms with Crippen LogP contribution in [0.15, 0.2) is 0 Å². The van der Waals surface area contributed by atoms with Crippen molar-refractivity contribution in [3.63, 3.8) is 0 Å². The van der Waals surface area contributed by atoms with E-state index in [1.54, 1.807) is 0 Å². The van der Waals surface area contributed by atoms with E-state index in [9.17, 15) is 0 Å². The molecule has 1 nitrogen and oxygen atoms in total. The zero-order valence-electron chi connectivity index (χ0n) is 4.46. The van der Waals surface area contributed by atoms with Gasteiger partial charge in [-0.1, -0.05) is 0 Å². The van der Waals surface area contributed by atoms with Gasteiger partial charge in [0.25, 0.3) is 0 Å². The summed E-state index contributed by atoms with van der Waals surface area (Å²) >= 11 is 7.42. The van der Waals surface area contributed by atoms with Gasteiger partial charge in [0.15, 0.2) is 0 Å². The fourth-order valence-electron chi connectivity index (χ4n) is 0.218. The molecule has 0 N–H and O–H groups in total. The molecule has 0 spiro atoms. The molecule has 0 saturated heterocycles. The maximum atomic E-state index is 5.56. The third-order valence-electron chi connectivity index (χ3n) is 0.470. The average molecular weight is 618 g/mol. The van der Waals surface area contributed by atoms with Crippen LogP contribution < -0.4 is 0 Å². The van der Waals surface area contributed by atoms with Gasteiger partial charge in [-0.3, -0.25) is 0 Å². The van der Waals surface area contributed by atoms with Gasteiger partial charge in [0.1, 0.15) is 0 Å². The molecule has 0 aromatic carbocycles. The number of hydrogen-bond donors (Lipinski definition) is 0. The summed E-state index contributed by atoms with van der Waals surface area (Å²) in [6, 6.07) is 0. The van der Waals surface area contributed by atoms with Crippen LogP contribution in [0.3, 0.4) is 0 Å². The zero-order chi connectivity index (χ0) is 6.62. The van der Waals surface area contributed by atoms with Gasteiger partial charge >= 0.3 is 85.2 Å². The molecule has 5 heteroatoms. The molecular weight excluding hydrogens is 611 g/mol. The van der Waals surface area contributed by atoms with Crippen molar-refractivity contribution in [3.8, 4) is 0 Å². The summed E-state index contributed by atoms with van der Waals surface area (Å²) in [4.78, 5) is 0. The summed E-state index contributed by atoms with van der Waals surface area (Å²) in [5.41, 5.74) is 0. The van der Waals surface area contributed by atoms with Gasteiger partial charge in [0.2, 0.25) is 0 Å². The van der Waals surface area contributed by atoms with Crippen molar-refractivity contribution in [2.75, 3.05) is 6.61 Å². The Balaban J connectivity index is 3.11. The molecule has 0 heterocycles.